The minimum absolute atomic E-state index is 0.137. The molecule has 1 aromatic heterocycles. The lowest BCUT2D eigenvalue weighted by molar-refractivity contribution is -0.111. The van der Waals surface area contributed by atoms with E-state index in [4.69, 9.17) is 4.98 Å². The quantitative estimate of drug-likeness (QED) is 0.400. The minimum Gasteiger partial charge on any atom is -0.353 e. The number of hydrogen-bond acceptors (Lipinski definition) is 4. The van der Waals surface area contributed by atoms with Gasteiger partial charge in [-0.15, -0.1) is 11.8 Å². The molecule has 3 aliphatic rings. The number of nitrogens with one attached hydrogen (secondary N) is 1. The molecular formula is C26H27N3OS. The van der Waals surface area contributed by atoms with E-state index in [2.05, 4.69) is 40.7 Å². The van der Waals surface area contributed by atoms with Gasteiger partial charge in [-0.25, -0.2) is 4.98 Å². The molecule has 2 bridgehead atoms. The highest BCUT2D eigenvalue weighted by molar-refractivity contribution is 7.98. The normalized spacial score (nSPS) is 20.5. The van der Waals surface area contributed by atoms with Crippen LogP contribution in [0.3, 0.4) is 0 Å². The van der Waals surface area contributed by atoms with Gasteiger partial charge < -0.3 is 10.2 Å². The van der Waals surface area contributed by atoms with Crippen molar-refractivity contribution in [2.75, 3.05) is 23.0 Å². The van der Waals surface area contributed by atoms with Gasteiger partial charge in [-0.1, -0.05) is 12.1 Å². The molecule has 0 spiro atoms. The fourth-order valence-electron chi connectivity index (χ4n) is 4.77. The Morgan fingerprint density at radius 3 is 2.58 bits per heavy atom. The maximum Gasteiger partial charge on any atom is 0.248 e. The Morgan fingerprint density at radius 2 is 1.87 bits per heavy atom. The van der Waals surface area contributed by atoms with Crippen molar-refractivity contribution in [1.29, 1.82) is 0 Å². The van der Waals surface area contributed by atoms with Crippen LogP contribution in [0, 0.1) is 5.92 Å². The molecule has 4 nitrogen and oxygen atoms in total. The zero-order valence-corrected chi connectivity index (χ0v) is 18.6. The van der Waals surface area contributed by atoms with Crippen LogP contribution in [0.25, 0.3) is 17.0 Å². The van der Waals surface area contributed by atoms with Crippen LogP contribution < -0.4 is 10.2 Å². The summed E-state index contributed by atoms with van der Waals surface area (Å²) >= 11 is 1.71. The number of amides is 1. The van der Waals surface area contributed by atoms with Crippen LogP contribution in [0.1, 0.15) is 31.2 Å². The Kier molecular flexibility index (Phi) is 5.68. The van der Waals surface area contributed by atoms with Gasteiger partial charge in [0.25, 0.3) is 0 Å². The molecule has 3 fully saturated rings. The van der Waals surface area contributed by atoms with Crippen molar-refractivity contribution in [2.45, 2.75) is 36.6 Å². The van der Waals surface area contributed by atoms with Gasteiger partial charge in [0.05, 0.1) is 5.52 Å². The van der Waals surface area contributed by atoms with Crippen molar-refractivity contribution in [3.8, 4) is 0 Å². The van der Waals surface area contributed by atoms with Gasteiger partial charge >= 0.3 is 0 Å². The molecule has 0 unspecified atom stereocenters. The van der Waals surface area contributed by atoms with Crippen molar-refractivity contribution in [3.63, 3.8) is 0 Å². The van der Waals surface area contributed by atoms with Crippen molar-refractivity contribution in [1.82, 2.24) is 4.98 Å². The number of pyridine rings is 1. The molecular weight excluding hydrogens is 402 g/mol. The largest absolute Gasteiger partial charge is 0.353 e. The lowest BCUT2D eigenvalue weighted by Gasteiger charge is -2.46. The molecule has 2 aromatic carbocycles. The van der Waals surface area contributed by atoms with Crippen molar-refractivity contribution >= 4 is 46.2 Å². The van der Waals surface area contributed by atoms with E-state index < -0.39 is 0 Å². The van der Waals surface area contributed by atoms with Gasteiger partial charge in [-0.3, -0.25) is 4.79 Å². The van der Waals surface area contributed by atoms with E-state index >= 15 is 0 Å². The Morgan fingerprint density at radius 1 is 1.06 bits per heavy atom. The van der Waals surface area contributed by atoms with E-state index in [1.807, 2.05) is 36.4 Å². The molecule has 1 aliphatic carbocycles. The number of thioether (sulfide) groups is 1. The first-order valence-electron chi connectivity index (χ1n) is 11.0. The van der Waals surface area contributed by atoms with E-state index in [-0.39, 0.29) is 5.91 Å². The lowest BCUT2D eigenvalue weighted by Crippen LogP contribution is -2.48. The Hall–Kier alpha value is -2.79. The van der Waals surface area contributed by atoms with E-state index in [0.717, 1.165) is 40.4 Å². The van der Waals surface area contributed by atoms with Crippen molar-refractivity contribution in [3.05, 3.63) is 66.2 Å². The fourth-order valence-corrected chi connectivity index (χ4v) is 5.18. The van der Waals surface area contributed by atoms with Gasteiger partial charge in [0.15, 0.2) is 0 Å². The standard InChI is InChI=1S/C26H27N3OS/c1-31-23-11-4-18(5-12-23)6-15-26(30)27-21-8-13-24-20(16-21)7-14-25(28-24)29-17-19-2-9-22(29)10-3-19/h4-8,11-16,19,22H,2-3,9-10,17H2,1H3,(H,27,30)/b15-6+. The zero-order chi connectivity index (χ0) is 21.2. The number of anilines is 2. The smallest absolute Gasteiger partial charge is 0.248 e. The van der Waals surface area contributed by atoms with Gasteiger partial charge in [0, 0.05) is 34.6 Å². The molecule has 6 rings (SSSR count). The van der Waals surface area contributed by atoms with Gasteiger partial charge in [-0.05, 0) is 92.0 Å². The predicted octanol–water partition coefficient (Wildman–Crippen LogP) is 5.99. The average Bonchev–Trinajstić information content (AvgIpc) is 2.83. The van der Waals surface area contributed by atoms with E-state index in [1.54, 1.807) is 17.8 Å². The monoisotopic (exact) mass is 429 g/mol. The highest BCUT2D eigenvalue weighted by atomic mass is 32.2. The third-order valence-corrected chi connectivity index (χ3v) is 7.23. The molecule has 1 saturated carbocycles. The van der Waals surface area contributed by atoms with Gasteiger partial charge in [0.2, 0.25) is 5.91 Å². The summed E-state index contributed by atoms with van der Waals surface area (Å²) in [7, 11) is 0. The molecule has 1 N–H and O–H groups in total. The summed E-state index contributed by atoms with van der Waals surface area (Å²) in [6.45, 7) is 1.14. The van der Waals surface area contributed by atoms with Gasteiger partial charge in [0.1, 0.15) is 5.82 Å². The summed E-state index contributed by atoms with van der Waals surface area (Å²) in [6.07, 6.45) is 10.8. The van der Waals surface area contributed by atoms with Crippen LogP contribution in [0.5, 0.6) is 0 Å². The topological polar surface area (TPSA) is 45.2 Å². The summed E-state index contributed by atoms with van der Waals surface area (Å²) in [6, 6.07) is 19.0. The van der Waals surface area contributed by atoms with Crippen molar-refractivity contribution in [2.24, 2.45) is 5.92 Å². The first kappa shape index (κ1) is 20.1. The lowest BCUT2D eigenvalue weighted by atomic mass is 9.80. The third kappa shape index (κ3) is 4.47. The molecule has 2 saturated heterocycles. The van der Waals surface area contributed by atoms with Crippen LogP contribution in [0.15, 0.2) is 65.6 Å². The average molecular weight is 430 g/mol. The van der Waals surface area contributed by atoms with E-state index in [1.165, 1.54) is 30.6 Å². The summed E-state index contributed by atoms with van der Waals surface area (Å²) in [4.78, 5) is 21.0. The predicted molar refractivity (Wildman–Crippen MR) is 131 cm³/mol. The second kappa shape index (κ2) is 8.75. The summed E-state index contributed by atoms with van der Waals surface area (Å²) in [5.41, 5.74) is 2.77. The molecule has 2 aliphatic heterocycles. The Balaban J connectivity index is 1.27. The number of carbonyl (C=O) groups is 1. The molecule has 0 atom stereocenters. The third-order valence-electron chi connectivity index (χ3n) is 6.49. The molecule has 31 heavy (non-hydrogen) atoms. The number of piperidine rings is 2. The summed E-state index contributed by atoms with van der Waals surface area (Å²) in [5.74, 6) is 1.79. The Labute approximate surface area is 187 Å². The molecule has 3 heterocycles. The number of benzene rings is 2. The van der Waals surface area contributed by atoms with E-state index in [0.29, 0.717) is 6.04 Å². The molecule has 158 valence electrons. The number of hydrogen-bond donors (Lipinski definition) is 1. The second-order valence-electron chi connectivity index (χ2n) is 8.50. The number of carbonyl (C=O) groups excluding carboxylic acids is 1. The van der Waals surface area contributed by atoms with Crippen LogP contribution in [0.2, 0.25) is 0 Å². The van der Waals surface area contributed by atoms with Crippen LogP contribution in [-0.2, 0) is 4.79 Å². The number of nitrogens with zero attached hydrogens (tertiary/aromatic N) is 2. The molecule has 3 aromatic rings. The number of rotatable bonds is 5. The first-order chi connectivity index (χ1) is 15.2. The maximum atomic E-state index is 12.4. The van der Waals surface area contributed by atoms with Crippen molar-refractivity contribution < 1.29 is 4.79 Å². The number of fused-ring (bicyclic) bond motifs is 4. The minimum atomic E-state index is -0.137. The molecule has 0 radical (unpaired) electrons. The van der Waals surface area contributed by atoms with Gasteiger partial charge in [-0.2, -0.15) is 0 Å². The fraction of sp³-hybridized carbons (Fsp3) is 0.308. The molecule has 5 heteroatoms. The maximum absolute atomic E-state index is 12.4. The SMILES string of the molecule is CSc1ccc(/C=C/C(=O)Nc2ccc3nc(N4CC5CCC4CC5)ccc3c2)cc1. The zero-order valence-electron chi connectivity index (χ0n) is 17.8. The van der Waals surface area contributed by atoms with Crippen LogP contribution >= 0.6 is 11.8 Å². The second-order valence-corrected chi connectivity index (χ2v) is 9.38. The van der Waals surface area contributed by atoms with Crippen LogP contribution in [0.4, 0.5) is 11.5 Å². The molecule has 1 amide bonds. The van der Waals surface area contributed by atoms with Crippen LogP contribution in [-0.4, -0.2) is 29.7 Å². The first-order valence-corrected chi connectivity index (χ1v) is 12.2. The van der Waals surface area contributed by atoms with E-state index in [9.17, 15) is 4.79 Å². The summed E-state index contributed by atoms with van der Waals surface area (Å²) in [5, 5.41) is 4.00. The Bertz CT molecular complexity index is 1120. The summed E-state index contributed by atoms with van der Waals surface area (Å²) < 4.78 is 0. The highest BCUT2D eigenvalue weighted by Gasteiger charge is 2.34. The highest BCUT2D eigenvalue weighted by Crippen LogP contribution is 2.37. The number of aromatic nitrogens is 1.